The number of amides is 1. The molecule has 3 heterocycles. The second-order valence-corrected chi connectivity index (χ2v) is 5.63. The van der Waals surface area contributed by atoms with Crippen LogP contribution in [0.2, 0.25) is 0 Å². The molecular weight excluding hydrogens is 242 g/mol. The van der Waals surface area contributed by atoms with Crippen LogP contribution in [-0.4, -0.2) is 47.3 Å². The van der Waals surface area contributed by atoms with Gasteiger partial charge < -0.3 is 14.9 Å². The van der Waals surface area contributed by atoms with Crippen LogP contribution in [0.1, 0.15) is 19.3 Å². The topological polar surface area (TPSA) is 56.7 Å². The van der Waals surface area contributed by atoms with Crippen LogP contribution in [0.4, 0.5) is 10.6 Å². The van der Waals surface area contributed by atoms with Gasteiger partial charge in [0.25, 0.3) is 0 Å². The monoisotopic (exact) mass is 261 g/mol. The van der Waals surface area contributed by atoms with E-state index in [1.807, 2.05) is 24.4 Å². The molecule has 1 aromatic rings. The molecule has 5 nitrogen and oxygen atoms in total. The summed E-state index contributed by atoms with van der Waals surface area (Å²) in [5, 5.41) is 9.06. The Balaban J connectivity index is 1.63. The van der Waals surface area contributed by atoms with Gasteiger partial charge in [0.05, 0.1) is 0 Å². The van der Waals surface area contributed by atoms with Gasteiger partial charge in [0, 0.05) is 32.4 Å². The Bertz CT molecular complexity index is 455. The Morgan fingerprint density at radius 2 is 1.95 bits per heavy atom. The molecule has 3 rings (SSSR count). The Hall–Kier alpha value is -1.78. The van der Waals surface area contributed by atoms with Crippen LogP contribution in [-0.2, 0) is 0 Å². The lowest BCUT2D eigenvalue weighted by Gasteiger charge is -2.39. The maximum absolute atomic E-state index is 11.0. The maximum atomic E-state index is 11.0. The molecule has 1 aromatic heterocycles. The summed E-state index contributed by atoms with van der Waals surface area (Å²) < 4.78 is 0. The molecule has 0 saturated carbocycles. The maximum Gasteiger partial charge on any atom is 0.407 e. The van der Waals surface area contributed by atoms with Crippen molar-refractivity contribution in [3.05, 3.63) is 24.4 Å². The number of likely N-dealkylation sites (tertiary alicyclic amines) is 1. The first-order chi connectivity index (χ1) is 9.19. The fourth-order valence-electron chi connectivity index (χ4n) is 3.26. The third-order valence-electron chi connectivity index (χ3n) is 4.51. The van der Waals surface area contributed by atoms with E-state index in [1.54, 1.807) is 4.90 Å². The van der Waals surface area contributed by atoms with E-state index in [0.29, 0.717) is 13.1 Å². The van der Waals surface area contributed by atoms with Crippen molar-refractivity contribution >= 4 is 11.9 Å². The van der Waals surface area contributed by atoms with Gasteiger partial charge >= 0.3 is 6.09 Å². The van der Waals surface area contributed by atoms with E-state index in [4.69, 9.17) is 5.11 Å². The fourth-order valence-corrected chi connectivity index (χ4v) is 3.26. The molecule has 0 atom stereocenters. The summed E-state index contributed by atoms with van der Waals surface area (Å²) in [6.07, 6.45) is 4.18. The molecule has 1 spiro atoms. The smallest absolute Gasteiger partial charge is 0.407 e. The van der Waals surface area contributed by atoms with Crippen molar-refractivity contribution in [3.8, 4) is 0 Å². The highest BCUT2D eigenvalue weighted by Gasteiger charge is 2.42. The zero-order chi connectivity index (χ0) is 13.3. The van der Waals surface area contributed by atoms with Crippen LogP contribution < -0.4 is 4.90 Å². The highest BCUT2D eigenvalue weighted by atomic mass is 16.4. The second kappa shape index (κ2) is 4.72. The first kappa shape index (κ1) is 12.3. The summed E-state index contributed by atoms with van der Waals surface area (Å²) >= 11 is 0. The number of hydrogen-bond donors (Lipinski definition) is 1. The minimum atomic E-state index is -0.774. The van der Waals surface area contributed by atoms with E-state index < -0.39 is 6.09 Å². The van der Waals surface area contributed by atoms with Crippen molar-refractivity contribution < 1.29 is 9.90 Å². The van der Waals surface area contributed by atoms with Crippen molar-refractivity contribution in [2.45, 2.75) is 19.3 Å². The van der Waals surface area contributed by atoms with Gasteiger partial charge in [-0.25, -0.2) is 9.78 Å². The zero-order valence-corrected chi connectivity index (χ0v) is 11.0. The number of nitrogens with zero attached hydrogens (tertiary/aromatic N) is 3. The summed E-state index contributed by atoms with van der Waals surface area (Å²) in [6, 6.07) is 5.97. The van der Waals surface area contributed by atoms with E-state index in [9.17, 15) is 4.79 Å². The minimum absolute atomic E-state index is 0.212. The number of pyridine rings is 1. The van der Waals surface area contributed by atoms with Gasteiger partial charge in [-0.15, -0.1) is 0 Å². The van der Waals surface area contributed by atoms with E-state index in [-0.39, 0.29) is 5.41 Å². The molecule has 0 radical (unpaired) electrons. The predicted octanol–water partition coefficient (Wildman–Crippen LogP) is 2.05. The lowest BCUT2D eigenvalue weighted by atomic mass is 9.78. The van der Waals surface area contributed by atoms with Crippen LogP contribution >= 0.6 is 0 Å². The number of anilines is 1. The number of carboxylic acid groups (broad SMARTS) is 1. The highest BCUT2D eigenvalue weighted by molar-refractivity contribution is 5.65. The Kier molecular flexibility index (Phi) is 3.05. The standard InChI is InChI=1S/C14H19N3O2/c18-13(19)17-10-6-14(11-17)4-8-16(9-5-14)12-3-1-2-7-15-12/h1-3,7H,4-6,8-11H2,(H,18,19). The van der Waals surface area contributed by atoms with Crippen LogP contribution in [0.25, 0.3) is 0 Å². The van der Waals surface area contributed by atoms with Crippen LogP contribution in [0, 0.1) is 5.41 Å². The third-order valence-corrected chi connectivity index (χ3v) is 4.51. The number of aromatic nitrogens is 1. The van der Waals surface area contributed by atoms with Gasteiger partial charge in [0.1, 0.15) is 5.82 Å². The molecule has 2 aliphatic rings. The second-order valence-electron chi connectivity index (χ2n) is 5.63. The Labute approximate surface area is 112 Å². The Morgan fingerprint density at radius 3 is 2.53 bits per heavy atom. The lowest BCUT2D eigenvalue weighted by Crippen LogP contribution is -2.42. The summed E-state index contributed by atoms with van der Waals surface area (Å²) in [5.74, 6) is 1.03. The van der Waals surface area contributed by atoms with Gasteiger partial charge in [-0.3, -0.25) is 0 Å². The molecule has 2 fully saturated rings. The van der Waals surface area contributed by atoms with Gasteiger partial charge in [0.15, 0.2) is 0 Å². The van der Waals surface area contributed by atoms with E-state index in [1.165, 1.54) is 0 Å². The summed E-state index contributed by atoms with van der Waals surface area (Å²) in [5.41, 5.74) is 0.212. The van der Waals surface area contributed by atoms with Crippen LogP contribution in [0.3, 0.4) is 0 Å². The summed E-state index contributed by atoms with van der Waals surface area (Å²) in [7, 11) is 0. The van der Waals surface area contributed by atoms with Gasteiger partial charge in [-0.05, 0) is 36.8 Å². The Morgan fingerprint density at radius 1 is 1.21 bits per heavy atom. The summed E-state index contributed by atoms with van der Waals surface area (Å²) in [4.78, 5) is 19.3. The third kappa shape index (κ3) is 2.37. The molecule has 2 aliphatic heterocycles. The largest absolute Gasteiger partial charge is 0.465 e. The minimum Gasteiger partial charge on any atom is -0.465 e. The fraction of sp³-hybridized carbons (Fsp3) is 0.571. The molecule has 102 valence electrons. The number of rotatable bonds is 1. The predicted molar refractivity (Wildman–Crippen MR) is 72.3 cm³/mol. The van der Waals surface area contributed by atoms with Crippen molar-refractivity contribution in [2.24, 2.45) is 5.41 Å². The normalized spacial score (nSPS) is 21.9. The van der Waals surface area contributed by atoms with E-state index in [2.05, 4.69) is 9.88 Å². The first-order valence-corrected chi connectivity index (χ1v) is 6.82. The van der Waals surface area contributed by atoms with E-state index >= 15 is 0 Å². The number of piperidine rings is 1. The van der Waals surface area contributed by atoms with Crippen molar-refractivity contribution in [2.75, 3.05) is 31.1 Å². The van der Waals surface area contributed by atoms with E-state index in [0.717, 1.165) is 38.2 Å². The van der Waals surface area contributed by atoms with Gasteiger partial charge in [-0.1, -0.05) is 6.07 Å². The molecule has 19 heavy (non-hydrogen) atoms. The SMILES string of the molecule is O=C(O)N1CCC2(CCN(c3ccccn3)CC2)C1. The average Bonchev–Trinajstić information content (AvgIpc) is 2.85. The molecule has 0 aromatic carbocycles. The van der Waals surface area contributed by atoms with Gasteiger partial charge in [0.2, 0.25) is 0 Å². The summed E-state index contributed by atoms with van der Waals surface area (Å²) in [6.45, 7) is 3.35. The van der Waals surface area contributed by atoms with Crippen molar-refractivity contribution in [1.29, 1.82) is 0 Å². The molecule has 5 heteroatoms. The molecule has 1 amide bonds. The molecule has 1 N–H and O–H groups in total. The van der Waals surface area contributed by atoms with Crippen molar-refractivity contribution in [1.82, 2.24) is 9.88 Å². The van der Waals surface area contributed by atoms with Crippen LogP contribution in [0.5, 0.6) is 0 Å². The zero-order valence-electron chi connectivity index (χ0n) is 11.0. The lowest BCUT2D eigenvalue weighted by molar-refractivity contribution is 0.144. The van der Waals surface area contributed by atoms with Crippen LogP contribution in [0.15, 0.2) is 24.4 Å². The molecular formula is C14H19N3O2. The first-order valence-electron chi connectivity index (χ1n) is 6.82. The van der Waals surface area contributed by atoms with Crippen molar-refractivity contribution in [3.63, 3.8) is 0 Å². The molecule has 0 unspecified atom stereocenters. The van der Waals surface area contributed by atoms with Gasteiger partial charge in [-0.2, -0.15) is 0 Å². The molecule has 0 bridgehead atoms. The quantitative estimate of drug-likeness (QED) is 0.840. The molecule has 2 saturated heterocycles. The average molecular weight is 261 g/mol. The number of carbonyl (C=O) groups is 1. The number of hydrogen-bond acceptors (Lipinski definition) is 3. The molecule has 0 aliphatic carbocycles. The highest BCUT2D eigenvalue weighted by Crippen LogP contribution is 2.40.